The maximum absolute atomic E-state index is 12.8. The molecule has 0 amide bonds. The summed E-state index contributed by atoms with van der Waals surface area (Å²) in [6.07, 6.45) is 60.2. The Hall–Kier alpha value is -3.15. The van der Waals surface area contributed by atoms with Gasteiger partial charge in [0.15, 0.2) is 6.10 Å². The first-order valence-electron chi connectivity index (χ1n) is 25.0. The zero-order valence-corrected chi connectivity index (χ0v) is 39.2. The Morgan fingerprint density at radius 2 is 0.667 bits per heavy atom. The second-order valence-corrected chi connectivity index (χ2v) is 16.5. The van der Waals surface area contributed by atoms with Crippen molar-refractivity contribution in [3.05, 3.63) is 72.9 Å². The van der Waals surface area contributed by atoms with E-state index in [0.29, 0.717) is 19.3 Å². The third kappa shape index (κ3) is 45.9. The van der Waals surface area contributed by atoms with Gasteiger partial charge in [-0.1, -0.05) is 222 Å². The van der Waals surface area contributed by atoms with Crippen LogP contribution < -0.4 is 0 Å². The molecule has 0 aliphatic rings. The summed E-state index contributed by atoms with van der Waals surface area (Å²) in [4.78, 5) is 37.9. The number of hydrogen-bond donors (Lipinski definition) is 0. The molecule has 0 spiro atoms. The Bertz CT molecular complexity index is 1140. The molecule has 1 atom stereocenters. The van der Waals surface area contributed by atoms with E-state index in [4.69, 9.17) is 14.2 Å². The smallest absolute Gasteiger partial charge is 0.306 e. The standard InChI is InChI=1S/C54H92O6/c1-4-7-10-13-16-19-22-24-26-28-29-32-35-38-41-44-47-53(56)59-50-51(49-58-52(55)46-43-40-37-34-31-21-18-15-12-9-6-3)60-54(57)48-45-42-39-36-33-30-27-25-23-20-17-14-11-8-5-2/h8,11,14,17,20,23,25-28,30,33,51H,4-7,9-10,12-13,15-16,18-19,21-22,24,29,31-32,34-50H2,1-3H3/b11-8-,17-14-,23-20-,27-25-,28-26-,33-30-. The molecule has 0 radical (unpaired) electrons. The molecule has 0 aliphatic heterocycles. The first kappa shape index (κ1) is 56.9. The molecule has 344 valence electrons. The number of esters is 3. The van der Waals surface area contributed by atoms with Gasteiger partial charge in [-0.3, -0.25) is 14.4 Å². The lowest BCUT2D eigenvalue weighted by atomic mass is 10.1. The predicted octanol–water partition coefficient (Wildman–Crippen LogP) is 16.3. The number of carbonyl (C=O) groups excluding carboxylic acids is 3. The van der Waals surface area contributed by atoms with Crippen LogP contribution in [0, 0.1) is 0 Å². The number of unbranched alkanes of at least 4 members (excludes halogenated alkanes) is 25. The van der Waals surface area contributed by atoms with Gasteiger partial charge in [-0.2, -0.15) is 0 Å². The van der Waals surface area contributed by atoms with Crippen molar-refractivity contribution in [2.24, 2.45) is 0 Å². The van der Waals surface area contributed by atoms with Gasteiger partial charge in [0, 0.05) is 19.3 Å². The molecule has 0 heterocycles. The van der Waals surface area contributed by atoms with Crippen molar-refractivity contribution < 1.29 is 28.6 Å². The molecule has 60 heavy (non-hydrogen) atoms. The van der Waals surface area contributed by atoms with Gasteiger partial charge in [0.05, 0.1) is 0 Å². The monoisotopic (exact) mass is 837 g/mol. The molecule has 0 fully saturated rings. The summed E-state index contributed by atoms with van der Waals surface area (Å²) in [6, 6.07) is 0. The van der Waals surface area contributed by atoms with Crippen molar-refractivity contribution in [1.29, 1.82) is 0 Å². The normalized spacial score (nSPS) is 12.7. The van der Waals surface area contributed by atoms with Crippen LogP contribution in [-0.2, 0) is 28.6 Å². The van der Waals surface area contributed by atoms with Crippen molar-refractivity contribution in [1.82, 2.24) is 0 Å². The minimum atomic E-state index is -0.798. The summed E-state index contributed by atoms with van der Waals surface area (Å²) < 4.78 is 16.7. The van der Waals surface area contributed by atoms with E-state index in [2.05, 4.69) is 45.1 Å². The summed E-state index contributed by atoms with van der Waals surface area (Å²) in [5, 5.41) is 0. The fourth-order valence-electron chi connectivity index (χ4n) is 6.81. The molecule has 0 bridgehead atoms. The number of hydrogen-bond acceptors (Lipinski definition) is 6. The summed E-state index contributed by atoms with van der Waals surface area (Å²) in [5.41, 5.74) is 0. The molecular weight excluding hydrogens is 745 g/mol. The zero-order chi connectivity index (χ0) is 43.7. The summed E-state index contributed by atoms with van der Waals surface area (Å²) in [6.45, 7) is 6.44. The maximum Gasteiger partial charge on any atom is 0.306 e. The van der Waals surface area contributed by atoms with Crippen LogP contribution in [0.3, 0.4) is 0 Å². The van der Waals surface area contributed by atoms with Crippen LogP contribution in [0.25, 0.3) is 0 Å². The lowest BCUT2D eigenvalue weighted by Crippen LogP contribution is -2.30. The highest BCUT2D eigenvalue weighted by atomic mass is 16.6. The van der Waals surface area contributed by atoms with Crippen molar-refractivity contribution >= 4 is 17.9 Å². The van der Waals surface area contributed by atoms with Crippen molar-refractivity contribution in [2.45, 2.75) is 239 Å². The molecule has 0 rings (SSSR count). The van der Waals surface area contributed by atoms with Crippen LogP contribution in [0.5, 0.6) is 0 Å². The number of rotatable bonds is 44. The molecule has 0 aromatic heterocycles. The molecule has 0 saturated heterocycles. The SMILES string of the molecule is CC\C=C/C=C\C=C/C=C\C=C/CCCCCC(=O)OC(COC(=O)CCCCCCC/C=C\CCCCCCCCC)COC(=O)CCCCCCCCCCCCC. The topological polar surface area (TPSA) is 78.9 Å². The molecule has 0 N–H and O–H groups in total. The van der Waals surface area contributed by atoms with Gasteiger partial charge >= 0.3 is 17.9 Å². The number of carbonyl (C=O) groups is 3. The van der Waals surface area contributed by atoms with Gasteiger partial charge in [0.1, 0.15) is 13.2 Å². The highest BCUT2D eigenvalue weighted by Crippen LogP contribution is 2.14. The number of allylic oxidation sites excluding steroid dienone is 12. The molecule has 0 aromatic carbocycles. The van der Waals surface area contributed by atoms with E-state index >= 15 is 0 Å². The van der Waals surface area contributed by atoms with Crippen molar-refractivity contribution in [2.75, 3.05) is 13.2 Å². The van der Waals surface area contributed by atoms with E-state index in [1.807, 2.05) is 48.6 Å². The molecule has 6 heteroatoms. The second-order valence-electron chi connectivity index (χ2n) is 16.5. The van der Waals surface area contributed by atoms with Gasteiger partial charge in [0.25, 0.3) is 0 Å². The average molecular weight is 837 g/mol. The summed E-state index contributed by atoms with van der Waals surface area (Å²) >= 11 is 0. The minimum Gasteiger partial charge on any atom is -0.462 e. The van der Waals surface area contributed by atoms with E-state index in [0.717, 1.165) is 70.6 Å². The van der Waals surface area contributed by atoms with E-state index in [1.54, 1.807) is 0 Å². The first-order valence-corrected chi connectivity index (χ1v) is 25.0. The lowest BCUT2D eigenvalue weighted by Gasteiger charge is -2.18. The van der Waals surface area contributed by atoms with Crippen LogP contribution in [0.4, 0.5) is 0 Å². The molecule has 0 aromatic rings. The van der Waals surface area contributed by atoms with Crippen LogP contribution in [-0.4, -0.2) is 37.2 Å². The summed E-state index contributed by atoms with van der Waals surface area (Å²) in [7, 11) is 0. The van der Waals surface area contributed by atoms with E-state index in [1.165, 1.54) is 116 Å². The van der Waals surface area contributed by atoms with Crippen molar-refractivity contribution in [3.63, 3.8) is 0 Å². The first-order chi connectivity index (χ1) is 29.5. The summed E-state index contributed by atoms with van der Waals surface area (Å²) in [5.74, 6) is -0.945. The Labute approximate surface area is 370 Å². The van der Waals surface area contributed by atoms with Gasteiger partial charge in [-0.15, -0.1) is 0 Å². The average Bonchev–Trinajstić information content (AvgIpc) is 3.24. The van der Waals surface area contributed by atoms with Crippen LogP contribution >= 0.6 is 0 Å². The van der Waals surface area contributed by atoms with E-state index in [9.17, 15) is 14.4 Å². The Morgan fingerprint density at radius 1 is 0.350 bits per heavy atom. The maximum atomic E-state index is 12.8. The van der Waals surface area contributed by atoms with Crippen LogP contribution in [0.1, 0.15) is 233 Å². The lowest BCUT2D eigenvalue weighted by molar-refractivity contribution is -0.167. The van der Waals surface area contributed by atoms with Crippen LogP contribution in [0.2, 0.25) is 0 Å². The predicted molar refractivity (Wildman–Crippen MR) is 256 cm³/mol. The van der Waals surface area contributed by atoms with Gasteiger partial charge in [-0.05, 0) is 64.2 Å². The third-order valence-electron chi connectivity index (χ3n) is 10.6. The Balaban J connectivity index is 4.46. The Kier molecular flexibility index (Phi) is 46.0. The molecule has 1 unspecified atom stereocenters. The third-order valence-corrected chi connectivity index (χ3v) is 10.6. The fourth-order valence-corrected chi connectivity index (χ4v) is 6.81. The highest BCUT2D eigenvalue weighted by Gasteiger charge is 2.19. The van der Waals surface area contributed by atoms with E-state index < -0.39 is 6.10 Å². The fraction of sp³-hybridized carbons (Fsp3) is 0.722. The van der Waals surface area contributed by atoms with Gasteiger partial charge in [-0.25, -0.2) is 0 Å². The molecule has 6 nitrogen and oxygen atoms in total. The largest absolute Gasteiger partial charge is 0.462 e. The second kappa shape index (κ2) is 48.5. The Morgan fingerprint density at radius 3 is 1.08 bits per heavy atom. The quantitative estimate of drug-likeness (QED) is 0.0200. The highest BCUT2D eigenvalue weighted by molar-refractivity contribution is 5.71. The molecule has 0 saturated carbocycles. The molecule has 0 aliphatic carbocycles. The van der Waals surface area contributed by atoms with E-state index in [-0.39, 0.29) is 37.5 Å². The van der Waals surface area contributed by atoms with Gasteiger partial charge < -0.3 is 14.2 Å². The van der Waals surface area contributed by atoms with Crippen LogP contribution in [0.15, 0.2) is 72.9 Å². The molecular formula is C54H92O6. The van der Waals surface area contributed by atoms with Gasteiger partial charge in [0.2, 0.25) is 0 Å². The van der Waals surface area contributed by atoms with Crippen molar-refractivity contribution in [3.8, 4) is 0 Å². The zero-order valence-electron chi connectivity index (χ0n) is 39.2. The number of ether oxygens (including phenoxy) is 3. The minimum absolute atomic E-state index is 0.0942.